The smallest absolute Gasteiger partial charge is 0.266 e. The Morgan fingerprint density at radius 3 is 2.38 bits per heavy atom. The molecule has 72 valence electrons. The van der Waals surface area contributed by atoms with Gasteiger partial charge in [-0.25, -0.2) is 13.2 Å². The van der Waals surface area contributed by atoms with Gasteiger partial charge in [-0.3, -0.25) is 0 Å². The summed E-state index contributed by atoms with van der Waals surface area (Å²) >= 11 is 0. The van der Waals surface area contributed by atoms with Crippen LogP contribution in [0.25, 0.3) is 0 Å². The number of hydrogen-bond donors (Lipinski definition) is 1. The van der Waals surface area contributed by atoms with Crippen molar-refractivity contribution < 1.29 is 18.3 Å². The zero-order chi connectivity index (χ0) is 10.0. The Hall–Kier alpha value is -1.03. The fourth-order valence-electron chi connectivity index (χ4n) is 1.19. The molecule has 0 aromatic heterocycles. The fraction of sp³-hybridized carbons (Fsp3) is 0.333. The summed E-state index contributed by atoms with van der Waals surface area (Å²) in [6.45, 7) is 1.05. The van der Waals surface area contributed by atoms with E-state index in [2.05, 4.69) is 0 Å². The normalized spacial score (nSPS) is 10.9. The van der Waals surface area contributed by atoms with Crippen LogP contribution in [0.3, 0.4) is 0 Å². The number of aryl methyl sites for hydroxylation is 1. The van der Waals surface area contributed by atoms with Crippen molar-refractivity contribution in [2.24, 2.45) is 0 Å². The van der Waals surface area contributed by atoms with Crippen LogP contribution in [0, 0.1) is 12.7 Å². The fourth-order valence-corrected chi connectivity index (χ4v) is 1.19. The molecule has 0 unspecified atom stereocenters. The number of alkyl halides is 2. The number of aliphatic hydroxyl groups excluding tert-OH is 1. The number of hydrogen-bond acceptors (Lipinski definition) is 1. The first-order chi connectivity index (χ1) is 6.06. The molecule has 1 rings (SSSR count). The molecule has 0 atom stereocenters. The molecule has 1 aromatic rings. The van der Waals surface area contributed by atoms with Gasteiger partial charge in [0.2, 0.25) is 0 Å². The summed E-state index contributed by atoms with van der Waals surface area (Å²) in [5.41, 5.74) is -0.115. The third kappa shape index (κ3) is 2.01. The van der Waals surface area contributed by atoms with Crippen LogP contribution in [0.15, 0.2) is 12.1 Å². The van der Waals surface area contributed by atoms with Crippen LogP contribution in [0.1, 0.15) is 23.1 Å². The molecule has 1 N–H and O–H groups in total. The molecular formula is C9H9F3O. The molecule has 0 amide bonds. The van der Waals surface area contributed by atoms with Gasteiger partial charge in [-0.1, -0.05) is 6.07 Å². The first-order valence-corrected chi connectivity index (χ1v) is 3.74. The summed E-state index contributed by atoms with van der Waals surface area (Å²) in [4.78, 5) is 0. The van der Waals surface area contributed by atoms with Crippen molar-refractivity contribution in [3.63, 3.8) is 0 Å². The second-order valence-corrected chi connectivity index (χ2v) is 2.77. The Balaban J connectivity index is 3.23. The molecule has 0 aliphatic carbocycles. The Bertz CT molecular complexity index is 287. The maximum atomic E-state index is 13.0. The lowest BCUT2D eigenvalue weighted by molar-refractivity contribution is 0.145. The maximum Gasteiger partial charge on any atom is 0.266 e. The zero-order valence-corrected chi connectivity index (χ0v) is 7.02. The molecule has 0 heterocycles. The molecule has 0 bridgehead atoms. The van der Waals surface area contributed by atoms with E-state index in [-0.39, 0.29) is 12.2 Å². The third-order valence-corrected chi connectivity index (χ3v) is 1.80. The van der Waals surface area contributed by atoms with Gasteiger partial charge in [0.05, 0.1) is 12.2 Å². The van der Waals surface area contributed by atoms with Crippen LogP contribution in [-0.2, 0) is 6.61 Å². The highest BCUT2D eigenvalue weighted by Crippen LogP contribution is 2.26. The average molecular weight is 190 g/mol. The Kier molecular flexibility index (Phi) is 2.93. The molecule has 1 nitrogen and oxygen atoms in total. The van der Waals surface area contributed by atoms with Crippen molar-refractivity contribution in [2.75, 3.05) is 0 Å². The maximum absolute atomic E-state index is 13.0. The molecule has 0 aliphatic rings. The first-order valence-electron chi connectivity index (χ1n) is 3.74. The van der Waals surface area contributed by atoms with Crippen LogP contribution >= 0.6 is 0 Å². The minimum atomic E-state index is -2.81. The van der Waals surface area contributed by atoms with E-state index in [0.29, 0.717) is 5.56 Å². The van der Waals surface area contributed by atoms with Crippen molar-refractivity contribution in [2.45, 2.75) is 20.0 Å². The van der Waals surface area contributed by atoms with Crippen LogP contribution in [0.4, 0.5) is 13.2 Å². The van der Waals surface area contributed by atoms with Gasteiger partial charge in [0.15, 0.2) is 0 Å². The van der Waals surface area contributed by atoms with Crippen LogP contribution < -0.4 is 0 Å². The van der Waals surface area contributed by atoms with Crippen molar-refractivity contribution in [1.82, 2.24) is 0 Å². The Morgan fingerprint density at radius 2 is 2.00 bits per heavy atom. The largest absolute Gasteiger partial charge is 0.392 e. The molecule has 0 radical (unpaired) electrons. The molecule has 0 aliphatic heterocycles. The lowest BCUT2D eigenvalue weighted by Crippen LogP contribution is -1.97. The van der Waals surface area contributed by atoms with Gasteiger partial charge in [-0.15, -0.1) is 0 Å². The third-order valence-electron chi connectivity index (χ3n) is 1.80. The SMILES string of the molecule is Cc1cc(CO)cc(F)c1C(F)F. The molecule has 0 saturated carbocycles. The molecule has 0 saturated heterocycles. The van der Waals surface area contributed by atoms with Gasteiger partial charge in [-0.2, -0.15) is 0 Å². The van der Waals surface area contributed by atoms with Crippen LogP contribution in [0.5, 0.6) is 0 Å². The highest BCUT2D eigenvalue weighted by Gasteiger charge is 2.16. The van der Waals surface area contributed by atoms with E-state index in [0.717, 1.165) is 6.07 Å². The van der Waals surface area contributed by atoms with E-state index in [1.807, 2.05) is 0 Å². The van der Waals surface area contributed by atoms with Crippen molar-refractivity contribution in [3.8, 4) is 0 Å². The highest BCUT2D eigenvalue weighted by atomic mass is 19.3. The van der Waals surface area contributed by atoms with Crippen molar-refractivity contribution in [3.05, 3.63) is 34.6 Å². The highest BCUT2D eigenvalue weighted by molar-refractivity contribution is 5.33. The van der Waals surface area contributed by atoms with E-state index >= 15 is 0 Å². The Labute approximate surface area is 73.8 Å². The van der Waals surface area contributed by atoms with Crippen LogP contribution in [0.2, 0.25) is 0 Å². The lowest BCUT2D eigenvalue weighted by Gasteiger charge is -2.07. The summed E-state index contributed by atoms with van der Waals surface area (Å²) < 4.78 is 37.4. The monoisotopic (exact) mass is 190 g/mol. The van der Waals surface area contributed by atoms with Gasteiger partial charge < -0.3 is 5.11 Å². The number of benzene rings is 1. The van der Waals surface area contributed by atoms with E-state index in [4.69, 9.17) is 5.11 Å². The zero-order valence-electron chi connectivity index (χ0n) is 7.02. The summed E-state index contributed by atoms with van der Waals surface area (Å²) in [5.74, 6) is -0.959. The molecule has 1 aromatic carbocycles. The molecule has 0 spiro atoms. The Morgan fingerprint density at radius 1 is 1.38 bits per heavy atom. The van der Waals surface area contributed by atoms with Gasteiger partial charge in [0.1, 0.15) is 5.82 Å². The average Bonchev–Trinajstić information content (AvgIpc) is 2.02. The summed E-state index contributed by atoms with van der Waals surface area (Å²) in [6, 6.07) is 2.28. The second-order valence-electron chi connectivity index (χ2n) is 2.77. The van der Waals surface area contributed by atoms with Gasteiger partial charge in [0.25, 0.3) is 6.43 Å². The van der Waals surface area contributed by atoms with Gasteiger partial charge in [0, 0.05) is 0 Å². The summed E-state index contributed by atoms with van der Waals surface area (Å²) in [7, 11) is 0. The van der Waals surface area contributed by atoms with E-state index in [9.17, 15) is 13.2 Å². The summed E-state index contributed by atoms with van der Waals surface area (Å²) in [5, 5.41) is 8.66. The van der Waals surface area contributed by atoms with Crippen molar-refractivity contribution >= 4 is 0 Å². The second kappa shape index (κ2) is 3.79. The topological polar surface area (TPSA) is 20.2 Å². The summed E-state index contributed by atoms with van der Waals surface area (Å²) in [6.07, 6.45) is -2.81. The lowest BCUT2D eigenvalue weighted by atomic mass is 10.1. The van der Waals surface area contributed by atoms with Gasteiger partial charge in [-0.05, 0) is 24.1 Å². The van der Waals surface area contributed by atoms with E-state index < -0.39 is 17.8 Å². The van der Waals surface area contributed by atoms with E-state index in [1.54, 1.807) is 0 Å². The standard InChI is InChI=1S/C9H9F3O/c1-5-2-6(4-13)3-7(10)8(5)9(11)12/h2-3,9,13H,4H2,1H3. The molecule has 13 heavy (non-hydrogen) atoms. The quantitative estimate of drug-likeness (QED) is 0.759. The van der Waals surface area contributed by atoms with Crippen molar-refractivity contribution in [1.29, 1.82) is 0 Å². The predicted octanol–water partition coefficient (Wildman–Crippen LogP) is 2.56. The molecular weight excluding hydrogens is 181 g/mol. The molecule has 4 heteroatoms. The predicted molar refractivity (Wildman–Crippen MR) is 42.0 cm³/mol. The number of rotatable bonds is 2. The van der Waals surface area contributed by atoms with Crippen LogP contribution in [-0.4, -0.2) is 5.11 Å². The first kappa shape index (κ1) is 10.1. The number of aliphatic hydroxyl groups is 1. The number of halogens is 3. The minimum Gasteiger partial charge on any atom is -0.392 e. The van der Waals surface area contributed by atoms with E-state index in [1.165, 1.54) is 13.0 Å². The van der Waals surface area contributed by atoms with Gasteiger partial charge >= 0.3 is 0 Å². The minimum absolute atomic E-state index is 0.166. The molecule has 0 fully saturated rings.